The van der Waals surface area contributed by atoms with Crippen LogP contribution in [0.3, 0.4) is 0 Å². The second-order valence-corrected chi connectivity index (χ2v) is 4.90. The number of hydrogen-bond acceptors (Lipinski definition) is 3. The molecule has 0 spiro atoms. The molecule has 0 fully saturated rings. The van der Waals surface area contributed by atoms with Gasteiger partial charge in [0.2, 0.25) is 5.91 Å². The van der Waals surface area contributed by atoms with E-state index in [0.717, 1.165) is 5.69 Å². The largest absolute Gasteiger partial charge is 0.366 e. The van der Waals surface area contributed by atoms with Gasteiger partial charge in [0.1, 0.15) is 0 Å². The highest BCUT2D eigenvalue weighted by atomic mass is 16.2. The van der Waals surface area contributed by atoms with Crippen molar-refractivity contribution in [3.8, 4) is 5.69 Å². The van der Waals surface area contributed by atoms with Gasteiger partial charge in [0.05, 0.1) is 5.69 Å². The molecular weight excluding hydrogens is 292 g/mol. The molecule has 3 N–H and O–H groups in total. The van der Waals surface area contributed by atoms with E-state index < -0.39 is 5.91 Å². The Balaban J connectivity index is 1.78. The summed E-state index contributed by atoms with van der Waals surface area (Å²) in [6.07, 6.45) is 3.48. The van der Waals surface area contributed by atoms with Gasteiger partial charge in [-0.05, 0) is 48.5 Å². The van der Waals surface area contributed by atoms with Crippen LogP contribution in [0, 0.1) is 0 Å². The molecule has 0 saturated carbocycles. The fourth-order valence-corrected chi connectivity index (χ4v) is 2.13. The zero-order valence-corrected chi connectivity index (χ0v) is 12.1. The summed E-state index contributed by atoms with van der Waals surface area (Å²) in [6, 6.07) is 15.3. The van der Waals surface area contributed by atoms with E-state index in [1.165, 1.54) is 0 Å². The molecule has 114 valence electrons. The van der Waals surface area contributed by atoms with Crippen LogP contribution in [0.25, 0.3) is 5.69 Å². The summed E-state index contributed by atoms with van der Waals surface area (Å²) in [7, 11) is 0. The van der Waals surface area contributed by atoms with Crippen LogP contribution in [0.1, 0.15) is 20.7 Å². The van der Waals surface area contributed by atoms with Gasteiger partial charge in [0.15, 0.2) is 0 Å². The van der Waals surface area contributed by atoms with Crippen LogP contribution in [-0.4, -0.2) is 21.6 Å². The van der Waals surface area contributed by atoms with Crippen LogP contribution in [0.4, 0.5) is 5.69 Å². The maximum Gasteiger partial charge on any atom is 0.255 e. The molecule has 0 bridgehead atoms. The van der Waals surface area contributed by atoms with Crippen LogP contribution in [0.2, 0.25) is 0 Å². The third-order valence-corrected chi connectivity index (χ3v) is 3.30. The lowest BCUT2D eigenvalue weighted by atomic mass is 10.1. The molecule has 3 rings (SSSR count). The molecule has 2 amide bonds. The Morgan fingerprint density at radius 2 is 1.78 bits per heavy atom. The highest BCUT2D eigenvalue weighted by molar-refractivity contribution is 6.04. The summed E-state index contributed by atoms with van der Waals surface area (Å²) in [4.78, 5) is 23.4. The number of carbonyl (C=O) groups is 2. The predicted molar refractivity (Wildman–Crippen MR) is 86.5 cm³/mol. The Hall–Kier alpha value is -3.41. The number of benzene rings is 2. The highest BCUT2D eigenvalue weighted by Crippen LogP contribution is 2.14. The standard InChI is InChI=1S/C17H14N4O2/c18-16(22)12-5-7-14(8-6-12)20-17(23)13-3-1-4-15(11-13)21-10-2-9-19-21/h1-11H,(H2,18,22)(H,20,23). The zero-order valence-electron chi connectivity index (χ0n) is 12.1. The average Bonchev–Trinajstić information content (AvgIpc) is 3.10. The zero-order chi connectivity index (χ0) is 16.2. The van der Waals surface area contributed by atoms with Gasteiger partial charge in [-0.3, -0.25) is 9.59 Å². The van der Waals surface area contributed by atoms with Gasteiger partial charge < -0.3 is 11.1 Å². The molecule has 3 aromatic rings. The molecule has 1 aromatic heterocycles. The third kappa shape index (κ3) is 3.26. The topological polar surface area (TPSA) is 90.0 Å². The number of primary amides is 1. The van der Waals surface area contributed by atoms with Gasteiger partial charge in [-0.15, -0.1) is 0 Å². The number of aromatic nitrogens is 2. The van der Waals surface area contributed by atoms with Crippen molar-refractivity contribution in [2.75, 3.05) is 5.32 Å². The van der Waals surface area contributed by atoms with Gasteiger partial charge in [-0.2, -0.15) is 5.10 Å². The van der Waals surface area contributed by atoms with E-state index in [9.17, 15) is 9.59 Å². The lowest BCUT2D eigenvalue weighted by Crippen LogP contribution is -2.13. The van der Waals surface area contributed by atoms with Crippen molar-refractivity contribution in [2.45, 2.75) is 0 Å². The molecule has 0 aliphatic carbocycles. The minimum Gasteiger partial charge on any atom is -0.366 e. The summed E-state index contributed by atoms with van der Waals surface area (Å²) >= 11 is 0. The lowest BCUT2D eigenvalue weighted by molar-refractivity contribution is 0.0998. The number of nitrogens with one attached hydrogen (secondary N) is 1. The molecule has 0 atom stereocenters. The normalized spacial score (nSPS) is 10.3. The fourth-order valence-electron chi connectivity index (χ4n) is 2.13. The third-order valence-electron chi connectivity index (χ3n) is 3.30. The number of rotatable bonds is 4. The molecule has 6 heteroatoms. The fraction of sp³-hybridized carbons (Fsp3) is 0. The van der Waals surface area contributed by atoms with E-state index in [0.29, 0.717) is 16.8 Å². The first-order chi connectivity index (χ1) is 11.1. The number of carbonyl (C=O) groups excluding carboxylic acids is 2. The maximum atomic E-state index is 12.3. The summed E-state index contributed by atoms with van der Waals surface area (Å²) in [5.74, 6) is -0.749. The van der Waals surface area contributed by atoms with Gasteiger partial charge in [-0.1, -0.05) is 6.07 Å². The predicted octanol–water partition coefficient (Wildman–Crippen LogP) is 2.22. The summed E-state index contributed by atoms with van der Waals surface area (Å²) in [6.45, 7) is 0. The Kier molecular flexibility index (Phi) is 3.88. The van der Waals surface area contributed by atoms with Crippen molar-refractivity contribution in [3.05, 3.63) is 78.1 Å². The quantitative estimate of drug-likeness (QED) is 0.774. The van der Waals surface area contributed by atoms with Crippen LogP contribution in [-0.2, 0) is 0 Å². The Morgan fingerprint density at radius 1 is 1.00 bits per heavy atom. The van der Waals surface area contributed by atoms with Crippen molar-refractivity contribution in [2.24, 2.45) is 5.73 Å². The van der Waals surface area contributed by atoms with Crippen LogP contribution < -0.4 is 11.1 Å². The van der Waals surface area contributed by atoms with Crippen LogP contribution >= 0.6 is 0 Å². The minimum absolute atomic E-state index is 0.245. The Labute approximate surface area is 132 Å². The Bertz CT molecular complexity index is 839. The first-order valence-electron chi connectivity index (χ1n) is 6.95. The number of nitrogens with two attached hydrogens (primary N) is 1. The second kappa shape index (κ2) is 6.15. The van der Waals surface area contributed by atoms with E-state index in [2.05, 4.69) is 10.4 Å². The minimum atomic E-state index is -0.505. The molecule has 23 heavy (non-hydrogen) atoms. The number of amides is 2. The van der Waals surface area contributed by atoms with E-state index in [-0.39, 0.29) is 5.91 Å². The van der Waals surface area contributed by atoms with E-state index >= 15 is 0 Å². The molecule has 0 unspecified atom stereocenters. The van der Waals surface area contributed by atoms with Crippen molar-refractivity contribution < 1.29 is 9.59 Å². The highest BCUT2D eigenvalue weighted by Gasteiger charge is 2.08. The average molecular weight is 306 g/mol. The first-order valence-corrected chi connectivity index (χ1v) is 6.95. The monoisotopic (exact) mass is 306 g/mol. The Morgan fingerprint density at radius 3 is 2.43 bits per heavy atom. The molecule has 0 radical (unpaired) electrons. The van der Waals surface area contributed by atoms with E-state index in [1.54, 1.807) is 59.5 Å². The van der Waals surface area contributed by atoms with Crippen molar-refractivity contribution >= 4 is 17.5 Å². The van der Waals surface area contributed by atoms with E-state index in [1.807, 2.05) is 12.1 Å². The van der Waals surface area contributed by atoms with Gasteiger partial charge >= 0.3 is 0 Å². The maximum absolute atomic E-state index is 12.3. The molecule has 1 heterocycles. The number of anilines is 1. The molecule has 2 aromatic carbocycles. The van der Waals surface area contributed by atoms with Gasteiger partial charge in [0, 0.05) is 29.2 Å². The SMILES string of the molecule is NC(=O)c1ccc(NC(=O)c2cccc(-n3cccn3)c2)cc1. The molecule has 0 aliphatic rings. The van der Waals surface area contributed by atoms with Crippen molar-refractivity contribution in [3.63, 3.8) is 0 Å². The molecule has 0 saturated heterocycles. The summed E-state index contributed by atoms with van der Waals surface area (Å²) in [5.41, 5.74) is 7.47. The van der Waals surface area contributed by atoms with Gasteiger partial charge in [0.25, 0.3) is 5.91 Å². The molecular formula is C17H14N4O2. The van der Waals surface area contributed by atoms with E-state index in [4.69, 9.17) is 5.73 Å². The van der Waals surface area contributed by atoms with Gasteiger partial charge in [-0.25, -0.2) is 4.68 Å². The lowest BCUT2D eigenvalue weighted by Gasteiger charge is -2.07. The number of nitrogens with zero attached hydrogens (tertiary/aromatic N) is 2. The molecule has 0 aliphatic heterocycles. The number of hydrogen-bond donors (Lipinski definition) is 2. The van der Waals surface area contributed by atoms with Crippen molar-refractivity contribution in [1.82, 2.24) is 9.78 Å². The molecule has 6 nitrogen and oxygen atoms in total. The summed E-state index contributed by atoms with van der Waals surface area (Å²) in [5, 5.41) is 6.91. The van der Waals surface area contributed by atoms with Crippen LogP contribution in [0.5, 0.6) is 0 Å². The summed E-state index contributed by atoms with van der Waals surface area (Å²) < 4.78 is 1.68. The van der Waals surface area contributed by atoms with Crippen LogP contribution in [0.15, 0.2) is 67.0 Å². The second-order valence-electron chi connectivity index (χ2n) is 4.90. The smallest absolute Gasteiger partial charge is 0.255 e. The van der Waals surface area contributed by atoms with Crippen molar-refractivity contribution in [1.29, 1.82) is 0 Å². The first kappa shape index (κ1) is 14.5.